The van der Waals surface area contributed by atoms with Crippen LogP contribution in [0.25, 0.3) is 0 Å². The summed E-state index contributed by atoms with van der Waals surface area (Å²) in [4.78, 5) is 11.3. The van der Waals surface area contributed by atoms with Gasteiger partial charge in [0.1, 0.15) is 0 Å². The summed E-state index contributed by atoms with van der Waals surface area (Å²) in [6.45, 7) is 4.57. The third-order valence-electron chi connectivity index (χ3n) is 3.49. The van der Waals surface area contributed by atoms with Gasteiger partial charge < -0.3 is 15.8 Å². The Hall–Kier alpha value is -1.39. The molecular formula is C14H20N2O2. The summed E-state index contributed by atoms with van der Waals surface area (Å²) >= 11 is 0. The second kappa shape index (κ2) is 5.98. The van der Waals surface area contributed by atoms with Gasteiger partial charge in [-0.15, -0.1) is 0 Å². The van der Waals surface area contributed by atoms with Crippen LogP contribution >= 0.6 is 0 Å². The van der Waals surface area contributed by atoms with E-state index in [9.17, 15) is 4.79 Å². The van der Waals surface area contributed by atoms with Crippen LogP contribution in [0.3, 0.4) is 0 Å². The minimum Gasteiger partial charge on any atom is -0.372 e. The van der Waals surface area contributed by atoms with E-state index in [1.54, 1.807) is 6.07 Å². The highest BCUT2D eigenvalue weighted by molar-refractivity contribution is 5.94. The number of nitrogens with two attached hydrogens (primary N) is 1. The summed E-state index contributed by atoms with van der Waals surface area (Å²) < 4.78 is 5.90. The van der Waals surface area contributed by atoms with Crippen molar-refractivity contribution in [2.45, 2.75) is 26.1 Å². The number of hydrogen-bond donors (Lipinski definition) is 2. The molecule has 0 saturated carbocycles. The Bertz CT molecular complexity index is 420. The van der Waals surface area contributed by atoms with Crippen molar-refractivity contribution >= 4 is 5.91 Å². The molecule has 1 fully saturated rings. The highest BCUT2D eigenvalue weighted by atomic mass is 16.5. The van der Waals surface area contributed by atoms with E-state index in [-0.39, 0.29) is 6.10 Å². The highest BCUT2D eigenvalue weighted by Gasteiger charge is 2.21. The fourth-order valence-electron chi connectivity index (χ4n) is 2.27. The standard InChI is InChI=1S/C14H20N2O2/c1-10-6-7-16-8-13(10)18-9-11-4-2-3-5-12(11)14(15)17/h2-5,10,13,16H,6-9H2,1H3,(H2,15,17). The maximum absolute atomic E-state index is 11.3. The highest BCUT2D eigenvalue weighted by Crippen LogP contribution is 2.17. The van der Waals surface area contributed by atoms with Gasteiger partial charge in [-0.3, -0.25) is 4.79 Å². The number of amides is 1. The summed E-state index contributed by atoms with van der Waals surface area (Å²) in [6, 6.07) is 7.34. The number of primary amides is 1. The SMILES string of the molecule is CC1CCNCC1OCc1ccccc1C(N)=O. The number of ether oxygens (including phenoxy) is 1. The van der Waals surface area contributed by atoms with Gasteiger partial charge in [-0.25, -0.2) is 0 Å². The predicted octanol–water partition coefficient (Wildman–Crippen LogP) is 1.30. The molecule has 1 amide bonds. The molecule has 0 spiro atoms. The molecule has 0 aromatic heterocycles. The monoisotopic (exact) mass is 248 g/mol. The van der Waals surface area contributed by atoms with E-state index in [1.807, 2.05) is 18.2 Å². The van der Waals surface area contributed by atoms with Gasteiger partial charge in [0.15, 0.2) is 0 Å². The van der Waals surface area contributed by atoms with E-state index >= 15 is 0 Å². The topological polar surface area (TPSA) is 64.3 Å². The number of benzene rings is 1. The summed E-state index contributed by atoms with van der Waals surface area (Å²) in [5.41, 5.74) is 6.76. The number of hydrogen-bond acceptors (Lipinski definition) is 3. The zero-order valence-electron chi connectivity index (χ0n) is 10.7. The molecular weight excluding hydrogens is 228 g/mol. The molecule has 2 unspecified atom stereocenters. The molecule has 1 aliphatic heterocycles. The lowest BCUT2D eigenvalue weighted by molar-refractivity contribution is -0.00679. The molecule has 0 bridgehead atoms. The maximum Gasteiger partial charge on any atom is 0.249 e. The minimum absolute atomic E-state index is 0.208. The molecule has 1 heterocycles. The Morgan fingerprint density at radius 2 is 2.28 bits per heavy atom. The van der Waals surface area contributed by atoms with Crippen molar-refractivity contribution < 1.29 is 9.53 Å². The fraction of sp³-hybridized carbons (Fsp3) is 0.500. The number of carbonyl (C=O) groups is 1. The van der Waals surface area contributed by atoms with Crippen molar-refractivity contribution in [2.24, 2.45) is 11.7 Å². The number of rotatable bonds is 4. The Morgan fingerprint density at radius 1 is 1.50 bits per heavy atom. The van der Waals surface area contributed by atoms with Crippen molar-refractivity contribution in [3.05, 3.63) is 35.4 Å². The Labute approximate surface area is 108 Å². The number of carbonyl (C=O) groups excluding carboxylic acids is 1. The van der Waals surface area contributed by atoms with Gasteiger partial charge in [-0.05, 0) is 30.5 Å². The Balaban J connectivity index is 1.99. The molecule has 18 heavy (non-hydrogen) atoms. The molecule has 2 atom stereocenters. The molecule has 1 saturated heterocycles. The minimum atomic E-state index is -0.399. The lowest BCUT2D eigenvalue weighted by Gasteiger charge is -2.29. The molecule has 98 valence electrons. The van der Waals surface area contributed by atoms with Crippen LogP contribution in [0, 0.1) is 5.92 Å². The first kappa shape index (κ1) is 13.1. The lowest BCUT2D eigenvalue weighted by atomic mass is 9.97. The van der Waals surface area contributed by atoms with E-state index < -0.39 is 5.91 Å². The van der Waals surface area contributed by atoms with Crippen LogP contribution in [0.4, 0.5) is 0 Å². The maximum atomic E-state index is 11.3. The fourth-order valence-corrected chi connectivity index (χ4v) is 2.27. The zero-order valence-corrected chi connectivity index (χ0v) is 10.7. The van der Waals surface area contributed by atoms with Gasteiger partial charge in [0.05, 0.1) is 12.7 Å². The van der Waals surface area contributed by atoms with E-state index in [4.69, 9.17) is 10.5 Å². The smallest absolute Gasteiger partial charge is 0.249 e. The van der Waals surface area contributed by atoms with Crippen molar-refractivity contribution in [3.8, 4) is 0 Å². The summed E-state index contributed by atoms with van der Waals surface area (Å²) in [7, 11) is 0. The van der Waals surface area contributed by atoms with Crippen LogP contribution in [0.1, 0.15) is 29.3 Å². The average Bonchev–Trinajstić information content (AvgIpc) is 2.38. The molecule has 1 aromatic rings. The van der Waals surface area contributed by atoms with Gasteiger partial charge >= 0.3 is 0 Å². The Morgan fingerprint density at radius 3 is 3.00 bits per heavy atom. The van der Waals surface area contributed by atoms with Crippen LogP contribution < -0.4 is 11.1 Å². The number of piperidine rings is 1. The van der Waals surface area contributed by atoms with Crippen molar-refractivity contribution in [2.75, 3.05) is 13.1 Å². The molecule has 2 rings (SSSR count). The third kappa shape index (κ3) is 3.09. The largest absolute Gasteiger partial charge is 0.372 e. The van der Waals surface area contributed by atoms with E-state index in [2.05, 4.69) is 12.2 Å². The summed E-state index contributed by atoms with van der Waals surface area (Å²) in [5.74, 6) is 0.149. The molecule has 4 heteroatoms. The van der Waals surface area contributed by atoms with Crippen LogP contribution in [0.2, 0.25) is 0 Å². The second-order valence-corrected chi connectivity index (χ2v) is 4.84. The first-order valence-corrected chi connectivity index (χ1v) is 6.38. The molecule has 0 radical (unpaired) electrons. The van der Waals surface area contributed by atoms with Gasteiger partial charge in [0.2, 0.25) is 5.91 Å². The third-order valence-corrected chi connectivity index (χ3v) is 3.49. The van der Waals surface area contributed by atoms with Gasteiger partial charge in [-0.2, -0.15) is 0 Å². The van der Waals surface area contributed by atoms with Crippen molar-refractivity contribution in [1.82, 2.24) is 5.32 Å². The zero-order chi connectivity index (χ0) is 13.0. The summed E-state index contributed by atoms with van der Waals surface area (Å²) in [5, 5.41) is 3.32. The number of nitrogens with one attached hydrogen (secondary N) is 1. The van der Waals surface area contributed by atoms with Crippen LogP contribution in [0.5, 0.6) is 0 Å². The first-order chi connectivity index (χ1) is 8.68. The molecule has 0 aliphatic carbocycles. The van der Waals surface area contributed by atoms with Crippen LogP contribution in [0.15, 0.2) is 24.3 Å². The summed E-state index contributed by atoms with van der Waals surface area (Å²) in [6.07, 6.45) is 1.34. The average molecular weight is 248 g/mol. The first-order valence-electron chi connectivity index (χ1n) is 6.38. The van der Waals surface area contributed by atoms with Gasteiger partial charge in [0, 0.05) is 12.1 Å². The van der Waals surface area contributed by atoms with E-state index in [0.29, 0.717) is 18.1 Å². The predicted molar refractivity (Wildman–Crippen MR) is 70.2 cm³/mol. The lowest BCUT2D eigenvalue weighted by Crippen LogP contribution is -2.41. The van der Waals surface area contributed by atoms with Crippen molar-refractivity contribution in [1.29, 1.82) is 0 Å². The Kier molecular flexibility index (Phi) is 4.33. The molecule has 1 aromatic carbocycles. The van der Waals surface area contributed by atoms with E-state index in [0.717, 1.165) is 25.1 Å². The van der Waals surface area contributed by atoms with Crippen LogP contribution in [-0.4, -0.2) is 25.1 Å². The van der Waals surface area contributed by atoms with Crippen molar-refractivity contribution in [3.63, 3.8) is 0 Å². The normalized spacial score (nSPS) is 23.8. The van der Waals surface area contributed by atoms with Gasteiger partial charge in [0.25, 0.3) is 0 Å². The van der Waals surface area contributed by atoms with Gasteiger partial charge in [-0.1, -0.05) is 25.1 Å². The molecule has 4 nitrogen and oxygen atoms in total. The molecule has 1 aliphatic rings. The molecule has 3 N–H and O–H groups in total. The van der Waals surface area contributed by atoms with E-state index in [1.165, 1.54) is 0 Å². The van der Waals surface area contributed by atoms with Crippen LogP contribution in [-0.2, 0) is 11.3 Å². The quantitative estimate of drug-likeness (QED) is 0.844. The second-order valence-electron chi connectivity index (χ2n) is 4.84.